The lowest BCUT2D eigenvalue weighted by Crippen LogP contribution is -2.43. The SMILES string of the molecule is CC(CN)N1C(=O)[C@H]2CC=CC[C@H]2C1=O. The molecular formula is C11H16N2O2. The van der Waals surface area contributed by atoms with Crippen molar-refractivity contribution >= 4 is 11.8 Å². The fourth-order valence-electron chi connectivity index (χ4n) is 2.37. The lowest BCUT2D eigenvalue weighted by Gasteiger charge is -2.21. The maximum absolute atomic E-state index is 12.0. The van der Waals surface area contributed by atoms with Crippen molar-refractivity contribution < 1.29 is 9.59 Å². The fraction of sp³-hybridized carbons (Fsp3) is 0.636. The molecule has 1 aliphatic carbocycles. The number of hydrogen-bond acceptors (Lipinski definition) is 3. The number of nitrogens with zero attached hydrogens (tertiary/aromatic N) is 1. The summed E-state index contributed by atoms with van der Waals surface area (Å²) in [6.07, 6.45) is 5.37. The normalized spacial score (nSPS) is 32.0. The molecule has 1 unspecified atom stereocenters. The lowest BCUT2D eigenvalue weighted by molar-refractivity contribution is -0.142. The third kappa shape index (κ3) is 1.49. The Hall–Kier alpha value is -1.16. The molecule has 0 saturated carbocycles. The second-order valence-corrected chi connectivity index (χ2v) is 4.29. The Morgan fingerprint density at radius 1 is 1.33 bits per heavy atom. The molecule has 82 valence electrons. The van der Waals surface area contributed by atoms with Crippen molar-refractivity contribution in [1.29, 1.82) is 0 Å². The number of carbonyl (C=O) groups is 2. The van der Waals surface area contributed by atoms with Crippen LogP contribution in [0.2, 0.25) is 0 Å². The Morgan fingerprint density at radius 2 is 1.80 bits per heavy atom. The van der Waals surface area contributed by atoms with Crippen LogP contribution in [-0.4, -0.2) is 29.3 Å². The van der Waals surface area contributed by atoms with Gasteiger partial charge < -0.3 is 5.73 Å². The minimum absolute atomic E-state index is 0.0349. The first-order valence-electron chi connectivity index (χ1n) is 5.38. The Kier molecular flexibility index (Phi) is 2.61. The molecule has 0 bridgehead atoms. The minimum atomic E-state index is -0.171. The van der Waals surface area contributed by atoms with Gasteiger partial charge in [-0.2, -0.15) is 0 Å². The molecule has 1 fully saturated rings. The molecule has 15 heavy (non-hydrogen) atoms. The van der Waals surface area contributed by atoms with E-state index in [1.807, 2.05) is 19.1 Å². The third-order valence-electron chi connectivity index (χ3n) is 3.32. The monoisotopic (exact) mass is 208 g/mol. The maximum Gasteiger partial charge on any atom is 0.233 e. The zero-order valence-electron chi connectivity index (χ0n) is 8.85. The topological polar surface area (TPSA) is 63.4 Å². The number of carbonyl (C=O) groups excluding carboxylic acids is 2. The van der Waals surface area contributed by atoms with Crippen LogP contribution in [0.1, 0.15) is 19.8 Å². The molecule has 4 nitrogen and oxygen atoms in total. The van der Waals surface area contributed by atoms with E-state index in [0.717, 1.165) is 0 Å². The van der Waals surface area contributed by atoms with Gasteiger partial charge in [-0.25, -0.2) is 0 Å². The van der Waals surface area contributed by atoms with Gasteiger partial charge in [-0.15, -0.1) is 0 Å². The largest absolute Gasteiger partial charge is 0.328 e. The summed E-state index contributed by atoms with van der Waals surface area (Å²) in [5, 5.41) is 0. The van der Waals surface area contributed by atoms with Crippen LogP contribution in [0.4, 0.5) is 0 Å². The molecule has 2 amide bonds. The number of allylic oxidation sites excluding steroid dienone is 2. The van der Waals surface area contributed by atoms with Crippen molar-refractivity contribution in [2.75, 3.05) is 6.54 Å². The smallest absolute Gasteiger partial charge is 0.233 e. The number of hydrogen-bond donors (Lipinski definition) is 1. The predicted molar refractivity (Wildman–Crippen MR) is 55.7 cm³/mol. The highest BCUT2D eigenvalue weighted by Crippen LogP contribution is 2.35. The number of fused-ring (bicyclic) bond motifs is 1. The van der Waals surface area contributed by atoms with Gasteiger partial charge in [0.2, 0.25) is 11.8 Å². The molecule has 2 aliphatic rings. The van der Waals surface area contributed by atoms with Crippen molar-refractivity contribution in [3.63, 3.8) is 0 Å². The first-order valence-corrected chi connectivity index (χ1v) is 5.38. The highest BCUT2D eigenvalue weighted by Gasteiger charge is 2.48. The van der Waals surface area contributed by atoms with E-state index in [9.17, 15) is 9.59 Å². The van der Waals surface area contributed by atoms with Crippen LogP contribution < -0.4 is 5.73 Å². The van der Waals surface area contributed by atoms with E-state index in [-0.39, 0.29) is 29.7 Å². The van der Waals surface area contributed by atoms with Crippen LogP contribution >= 0.6 is 0 Å². The van der Waals surface area contributed by atoms with Crippen molar-refractivity contribution in [3.05, 3.63) is 12.2 Å². The van der Waals surface area contributed by atoms with Gasteiger partial charge in [-0.05, 0) is 19.8 Å². The van der Waals surface area contributed by atoms with Crippen LogP contribution in [0.5, 0.6) is 0 Å². The zero-order valence-corrected chi connectivity index (χ0v) is 8.85. The number of rotatable bonds is 2. The Balaban J connectivity index is 2.24. The standard InChI is InChI=1S/C11H16N2O2/c1-7(6-12)13-10(14)8-4-2-3-5-9(8)11(13)15/h2-3,7-9H,4-6,12H2,1H3/t7?,8-,9+. The van der Waals surface area contributed by atoms with Gasteiger partial charge in [0.15, 0.2) is 0 Å². The number of nitrogens with two attached hydrogens (primary N) is 1. The van der Waals surface area contributed by atoms with Crippen LogP contribution in [0, 0.1) is 11.8 Å². The maximum atomic E-state index is 12.0. The van der Waals surface area contributed by atoms with Crippen molar-refractivity contribution in [2.24, 2.45) is 17.6 Å². The Bertz CT molecular complexity index is 299. The van der Waals surface area contributed by atoms with Crippen LogP contribution in [0.3, 0.4) is 0 Å². The summed E-state index contributed by atoms with van der Waals surface area (Å²) in [6, 6.07) is -0.171. The summed E-state index contributed by atoms with van der Waals surface area (Å²) in [4.78, 5) is 25.3. The van der Waals surface area contributed by atoms with Crippen LogP contribution in [-0.2, 0) is 9.59 Å². The van der Waals surface area contributed by atoms with Crippen molar-refractivity contribution in [2.45, 2.75) is 25.8 Å². The molecule has 0 aromatic heterocycles. The number of imide groups is 1. The van der Waals surface area contributed by atoms with Gasteiger partial charge >= 0.3 is 0 Å². The summed E-state index contributed by atoms with van der Waals surface area (Å²) in [5.41, 5.74) is 5.50. The first kappa shape index (κ1) is 10.4. The van der Waals surface area contributed by atoms with Crippen LogP contribution in [0.15, 0.2) is 12.2 Å². The number of likely N-dealkylation sites (tertiary alicyclic amines) is 1. The van der Waals surface area contributed by atoms with Gasteiger partial charge in [0.1, 0.15) is 0 Å². The van der Waals surface area contributed by atoms with Gasteiger partial charge in [-0.1, -0.05) is 12.2 Å². The average Bonchev–Trinajstić information content (AvgIpc) is 2.52. The average molecular weight is 208 g/mol. The summed E-state index contributed by atoms with van der Waals surface area (Å²) < 4.78 is 0. The molecule has 3 atom stereocenters. The van der Waals surface area contributed by atoms with E-state index < -0.39 is 0 Å². The minimum Gasteiger partial charge on any atom is -0.328 e. The van der Waals surface area contributed by atoms with Gasteiger partial charge in [-0.3, -0.25) is 14.5 Å². The summed E-state index contributed by atoms with van der Waals surface area (Å²) in [5.74, 6) is -0.326. The Labute approximate surface area is 89.1 Å². The summed E-state index contributed by atoms with van der Waals surface area (Å²) in [7, 11) is 0. The van der Waals surface area contributed by atoms with E-state index >= 15 is 0 Å². The van der Waals surface area contributed by atoms with Crippen molar-refractivity contribution in [1.82, 2.24) is 4.90 Å². The van der Waals surface area contributed by atoms with Gasteiger partial charge in [0, 0.05) is 12.6 Å². The molecule has 0 radical (unpaired) electrons. The van der Waals surface area contributed by atoms with Crippen LogP contribution in [0.25, 0.3) is 0 Å². The second kappa shape index (κ2) is 3.77. The highest BCUT2D eigenvalue weighted by molar-refractivity contribution is 6.05. The third-order valence-corrected chi connectivity index (χ3v) is 3.32. The lowest BCUT2D eigenvalue weighted by atomic mass is 9.85. The molecule has 2 rings (SSSR count). The molecule has 2 N–H and O–H groups in total. The summed E-state index contributed by atoms with van der Waals surface area (Å²) in [6.45, 7) is 2.16. The van der Waals surface area contributed by atoms with E-state index in [4.69, 9.17) is 5.73 Å². The van der Waals surface area contributed by atoms with Gasteiger partial charge in [0.25, 0.3) is 0 Å². The predicted octanol–water partition coefficient (Wildman–Crippen LogP) is 0.285. The second-order valence-electron chi connectivity index (χ2n) is 4.29. The van der Waals surface area contributed by atoms with Gasteiger partial charge in [0.05, 0.1) is 11.8 Å². The van der Waals surface area contributed by atoms with E-state index in [1.54, 1.807) is 0 Å². The fourth-order valence-corrected chi connectivity index (χ4v) is 2.37. The zero-order chi connectivity index (χ0) is 11.0. The number of amides is 2. The molecule has 4 heteroatoms. The van der Waals surface area contributed by atoms with E-state index in [1.165, 1.54) is 4.90 Å². The van der Waals surface area contributed by atoms with Crippen molar-refractivity contribution in [3.8, 4) is 0 Å². The Morgan fingerprint density at radius 3 is 2.20 bits per heavy atom. The quantitative estimate of drug-likeness (QED) is 0.524. The molecule has 0 aromatic rings. The molecule has 1 aliphatic heterocycles. The first-order chi connectivity index (χ1) is 7.16. The summed E-state index contributed by atoms with van der Waals surface area (Å²) >= 11 is 0. The molecule has 1 saturated heterocycles. The van der Waals surface area contributed by atoms with E-state index in [2.05, 4.69) is 0 Å². The highest BCUT2D eigenvalue weighted by atomic mass is 16.2. The van der Waals surface area contributed by atoms with E-state index in [0.29, 0.717) is 19.4 Å². The molecular weight excluding hydrogens is 192 g/mol. The molecule has 0 aromatic carbocycles. The molecule has 1 heterocycles. The molecule has 0 spiro atoms.